The van der Waals surface area contributed by atoms with Crippen LogP contribution in [0.5, 0.6) is 0 Å². The van der Waals surface area contributed by atoms with Gasteiger partial charge in [0.15, 0.2) is 0 Å². The van der Waals surface area contributed by atoms with E-state index in [1.807, 2.05) is 18.5 Å². The fraction of sp³-hybridized carbons (Fsp3) is 0. The van der Waals surface area contributed by atoms with Crippen LogP contribution in [0.4, 0.5) is 0 Å². The first-order valence-electron chi connectivity index (χ1n) is 12.7. The lowest BCUT2D eigenvalue weighted by Gasteiger charge is -2.16. The summed E-state index contributed by atoms with van der Waals surface area (Å²) in [5.41, 5.74) is 7.50. The summed E-state index contributed by atoms with van der Waals surface area (Å²) in [4.78, 5) is 9.88. The Kier molecular flexibility index (Phi) is 4.69. The third-order valence-corrected chi connectivity index (χ3v) is 8.53. The molecule has 0 aliphatic heterocycles. The van der Waals surface area contributed by atoms with E-state index in [-0.39, 0.29) is 0 Å². The quantitative estimate of drug-likeness (QED) is 0.240. The Bertz CT molecular complexity index is 2100. The lowest BCUT2D eigenvalue weighted by Crippen LogP contribution is -1.99. The number of rotatable bonds is 3. The Labute approximate surface area is 223 Å². The maximum Gasteiger partial charge on any atom is 0.0902 e. The summed E-state index contributed by atoms with van der Waals surface area (Å²) < 4.78 is 4.83. The Hall–Kier alpha value is -4.80. The highest BCUT2D eigenvalue weighted by Gasteiger charge is 2.20. The van der Waals surface area contributed by atoms with Gasteiger partial charge in [0.1, 0.15) is 0 Å². The summed E-state index contributed by atoms with van der Waals surface area (Å²) in [5, 5.41) is 5.00. The summed E-state index contributed by atoms with van der Waals surface area (Å²) in [5.74, 6) is 0. The second-order valence-electron chi connectivity index (χ2n) is 9.42. The second-order valence-corrected chi connectivity index (χ2v) is 10.5. The Morgan fingerprint density at radius 2 is 1.11 bits per heavy atom. The predicted octanol–water partition coefficient (Wildman–Crippen LogP) is 9.28. The number of para-hydroxylation sites is 3. The van der Waals surface area contributed by atoms with Gasteiger partial charge in [-0.05, 0) is 42.5 Å². The third-order valence-electron chi connectivity index (χ3n) is 7.34. The van der Waals surface area contributed by atoms with E-state index >= 15 is 0 Å². The molecule has 0 aliphatic rings. The first kappa shape index (κ1) is 21.3. The van der Waals surface area contributed by atoms with Gasteiger partial charge in [-0.15, -0.1) is 11.3 Å². The van der Waals surface area contributed by atoms with E-state index in [1.165, 1.54) is 42.0 Å². The second kappa shape index (κ2) is 8.37. The maximum atomic E-state index is 4.97. The molecule has 0 radical (unpaired) electrons. The van der Waals surface area contributed by atoms with Crippen molar-refractivity contribution < 1.29 is 0 Å². The molecule has 8 rings (SSSR count). The molecule has 0 amide bonds. The topological polar surface area (TPSA) is 30.7 Å². The molecular weight excluding hydrogens is 482 g/mol. The van der Waals surface area contributed by atoms with E-state index in [0.717, 1.165) is 28.2 Å². The number of nitrogens with zero attached hydrogens (tertiary/aromatic N) is 3. The van der Waals surface area contributed by atoms with Gasteiger partial charge in [-0.1, -0.05) is 72.8 Å². The number of thiophene rings is 1. The molecule has 0 saturated heterocycles. The van der Waals surface area contributed by atoms with Crippen LogP contribution >= 0.6 is 11.3 Å². The Morgan fingerprint density at radius 1 is 0.474 bits per heavy atom. The fourth-order valence-corrected chi connectivity index (χ4v) is 6.91. The van der Waals surface area contributed by atoms with E-state index < -0.39 is 0 Å². The van der Waals surface area contributed by atoms with Gasteiger partial charge in [-0.3, -0.25) is 9.97 Å². The molecular formula is C34H21N3S. The minimum absolute atomic E-state index is 0.933. The molecule has 4 heteroatoms. The summed E-state index contributed by atoms with van der Waals surface area (Å²) >= 11 is 1.80. The molecule has 38 heavy (non-hydrogen) atoms. The van der Waals surface area contributed by atoms with E-state index in [0.29, 0.717) is 0 Å². The van der Waals surface area contributed by atoms with Crippen LogP contribution in [0.1, 0.15) is 0 Å². The lowest BCUT2D eigenvalue weighted by atomic mass is 10.00. The van der Waals surface area contributed by atoms with Crippen molar-refractivity contribution in [3.8, 4) is 28.2 Å². The molecule has 4 heterocycles. The Balaban J connectivity index is 1.43. The molecule has 0 N–H and O–H groups in total. The van der Waals surface area contributed by atoms with Crippen molar-refractivity contribution in [3.63, 3.8) is 0 Å². The zero-order valence-corrected chi connectivity index (χ0v) is 21.2. The standard InChI is InChI=1S/C34H21N3S/c1-5-15-28-22(10-1)23-11-2-6-16-29(23)37(28)30-17-7-3-13-26(30)32-27(14-9-20-35-32)33-34-25(19-21-36-33)24-12-4-8-18-31(24)38-34/h1-21H. The molecule has 0 bridgehead atoms. The van der Waals surface area contributed by atoms with Crippen LogP contribution in [0.25, 0.3) is 70.2 Å². The molecule has 0 aliphatic carbocycles. The van der Waals surface area contributed by atoms with E-state index in [4.69, 9.17) is 9.97 Å². The monoisotopic (exact) mass is 503 g/mol. The molecule has 0 atom stereocenters. The zero-order chi connectivity index (χ0) is 25.1. The average molecular weight is 504 g/mol. The molecule has 4 aromatic carbocycles. The summed E-state index contributed by atoms with van der Waals surface area (Å²) in [6, 6.07) is 40.7. The van der Waals surface area contributed by atoms with Gasteiger partial charge in [0, 0.05) is 49.8 Å². The molecule has 0 spiro atoms. The Morgan fingerprint density at radius 3 is 1.92 bits per heavy atom. The number of hydrogen-bond acceptors (Lipinski definition) is 3. The SMILES string of the molecule is c1ccc(-n2c3ccccc3c3ccccc32)c(-c2ncccc2-c2nccc3c2sc2ccccc23)c1. The lowest BCUT2D eigenvalue weighted by molar-refractivity contribution is 1.17. The number of hydrogen-bond donors (Lipinski definition) is 0. The molecule has 0 saturated carbocycles. The van der Waals surface area contributed by atoms with Crippen LogP contribution in [0.15, 0.2) is 128 Å². The van der Waals surface area contributed by atoms with E-state index in [9.17, 15) is 0 Å². The minimum Gasteiger partial charge on any atom is -0.309 e. The van der Waals surface area contributed by atoms with Gasteiger partial charge in [-0.2, -0.15) is 0 Å². The van der Waals surface area contributed by atoms with Gasteiger partial charge >= 0.3 is 0 Å². The van der Waals surface area contributed by atoms with Crippen LogP contribution in [0.3, 0.4) is 0 Å². The van der Waals surface area contributed by atoms with Gasteiger partial charge in [0.25, 0.3) is 0 Å². The molecule has 0 unspecified atom stereocenters. The van der Waals surface area contributed by atoms with Crippen molar-refractivity contribution >= 4 is 53.3 Å². The van der Waals surface area contributed by atoms with Crippen LogP contribution < -0.4 is 0 Å². The van der Waals surface area contributed by atoms with Crippen molar-refractivity contribution in [3.05, 3.63) is 128 Å². The van der Waals surface area contributed by atoms with Gasteiger partial charge in [-0.25, -0.2) is 0 Å². The molecule has 3 nitrogen and oxygen atoms in total. The van der Waals surface area contributed by atoms with Crippen LogP contribution in [0.2, 0.25) is 0 Å². The smallest absolute Gasteiger partial charge is 0.0902 e. The van der Waals surface area contributed by atoms with Crippen LogP contribution in [0, 0.1) is 0 Å². The van der Waals surface area contributed by atoms with Gasteiger partial charge in [0.2, 0.25) is 0 Å². The molecule has 8 aromatic rings. The first-order valence-corrected chi connectivity index (χ1v) is 13.5. The highest BCUT2D eigenvalue weighted by Crippen LogP contribution is 2.42. The predicted molar refractivity (Wildman–Crippen MR) is 160 cm³/mol. The molecule has 178 valence electrons. The van der Waals surface area contributed by atoms with Crippen molar-refractivity contribution in [1.29, 1.82) is 0 Å². The van der Waals surface area contributed by atoms with Crippen LogP contribution in [-0.2, 0) is 0 Å². The van der Waals surface area contributed by atoms with Crippen molar-refractivity contribution in [2.75, 3.05) is 0 Å². The largest absolute Gasteiger partial charge is 0.309 e. The summed E-state index contributed by atoms with van der Waals surface area (Å²) in [6.07, 6.45) is 3.80. The van der Waals surface area contributed by atoms with E-state index in [1.54, 1.807) is 11.3 Å². The van der Waals surface area contributed by atoms with Crippen LogP contribution in [-0.4, -0.2) is 14.5 Å². The number of benzene rings is 4. The molecule has 0 fully saturated rings. The number of pyridine rings is 2. The van der Waals surface area contributed by atoms with Gasteiger partial charge in [0.05, 0.1) is 32.8 Å². The average Bonchev–Trinajstić information content (AvgIpc) is 3.53. The zero-order valence-electron chi connectivity index (χ0n) is 20.4. The highest BCUT2D eigenvalue weighted by atomic mass is 32.1. The highest BCUT2D eigenvalue weighted by molar-refractivity contribution is 7.26. The normalized spacial score (nSPS) is 11.7. The summed E-state index contributed by atoms with van der Waals surface area (Å²) in [6.45, 7) is 0. The molecule has 4 aromatic heterocycles. The van der Waals surface area contributed by atoms with Crippen molar-refractivity contribution in [1.82, 2.24) is 14.5 Å². The third kappa shape index (κ3) is 3.07. The fourth-order valence-electron chi connectivity index (χ4n) is 5.71. The van der Waals surface area contributed by atoms with Crippen molar-refractivity contribution in [2.45, 2.75) is 0 Å². The number of fused-ring (bicyclic) bond motifs is 6. The van der Waals surface area contributed by atoms with E-state index in [2.05, 4.69) is 114 Å². The van der Waals surface area contributed by atoms with Gasteiger partial charge < -0.3 is 4.57 Å². The van der Waals surface area contributed by atoms with Crippen molar-refractivity contribution in [2.24, 2.45) is 0 Å². The first-order chi connectivity index (χ1) is 18.9. The summed E-state index contributed by atoms with van der Waals surface area (Å²) in [7, 11) is 0. The number of aromatic nitrogens is 3. The minimum atomic E-state index is 0.933. The maximum absolute atomic E-state index is 4.97.